The zero-order valence-corrected chi connectivity index (χ0v) is 20.9. The Hall–Kier alpha value is -4.92. The van der Waals surface area contributed by atoms with Gasteiger partial charge in [-0.15, -0.1) is 0 Å². The Morgan fingerprint density at radius 3 is 2.54 bits per heavy atom. The number of benzene rings is 2. The quantitative estimate of drug-likeness (QED) is 0.319. The first-order chi connectivity index (χ1) is 17.9. The fourth-order valence-electron chi connectivity index (χ4n) is 4.04. The Morgan fingerprint density at radius 2 is 1.76 bits per heavy atom. The third kappa shape index (κ3) is 4.92. The number of aromatic nitrogens is 4. The van der Waals surface area contributed by atoms with E-state index in [1.807, 2.05) is 55.1 Å². The molecule has 5 rings (SSSR count). The zero-order valence-electron chi connectivity index (χ0n) is 20.9. The van der Waals surface area contributed by atoms with Crippen LogP contribution in [0.1, 0.15) is 16.2 Å². The maximum Gasteiger partial charge on any atom is 0.269 e. The number of imidazole rings is 1. The van der Waals surface area contributed by atoms with E-state index in [9.17, 15) is 4.79 Å². The van der Waals surface area contributed by atoms with Crippen molar-refractivity contribution in [3.8, 4) is 28.4 Å². The third-order valence-corrected chi connectivity index (χ3v) is 5.93. The van der Waals surface area contributed by atoms with Crippen molar-refractivity contribution < 1.29 is 14.3 Å². The number of nitrogens with one attached hydrogen (secondary N) is 2. The summed E-state index contributed by atoms with van der Waals surface area (Å²) in [5.41, 5.74) is 5.91. The lowest BCUT2D eigenvalue weighted by Gasteiger charge is -2.11. The average molecular weight is 495 g/mol. The van der Waals surface area contributed by atoms with Crippen molar-refractivity contribution in [3.63, 3.8) is 0 Å². The molecule has 2 N–H and O–H groups in total. The number of aryl methyl sites for hydroxylation is 2. The van der Waals surface area contributed by atoms with Crippen molar-refractivity contribution in [1.82, 2.24) is 24.8 Å². The minimum atomic E-state index is -0.295. The van der Waals surface area contributed by atoms with Crippen molar-refractivity contribution in [2.45, 2.75) is 6.92 Å². The number of amides is 1. The van der Waals surface area contributed by atoms with Crippen LogP contribution in [0.4, 0.5) is 11.6 Å². The van der Waals surface area contributed by atoms with E-state index in [1.165, 1.54) is 6.20 Å². The lowest BCUT2D eigenvalue weighted by molar-refractivity contribution is 0.0958. The van der Waals surface area contributed by atoms with Gasteiger partial charge in [-0.2, -0.15) is 0 Å². The number of carbonyl (C=O) groups is 1. The van der Waals surface area contributed by atoms with E-state index >= 15 is 0 Å². The number of ether oxygens (including phenoxy) is 2. The van der Waals surface area contributed by atoms with Crippen LogP contribution in [0.3, 0.4) is 0 Å². The van der Waals surface area contributed by atoms with Gasteiger partial charge in [0.05, 0.1) is 18.1 Å². The molecule has 0 atom stereocenters. The van der Waals surface area contributed by atoms with Gasteiger partial charge in [-0.1, -0.05) is 12.1 Å². The van der Waals surface area contributed by atoms with Crippen molar-refractivity contribution in [2.75, 3.05) is 19.5 Å². The summed E-state index contributed by atoms with van der Waals surface area (Å²) < 4.78 is 13.6. The van der Waals surface area contributed by atoms with Crippen molar-refractivity contribution in [3.05, 3.63) is 84.4 Å². The van der Waals surface area contributed by atoms with Gasteiger partial charge in [0.1, 0.15) is 11.4 Å². The first-order valence-electron chi connectivity index (χ1n) is 11.7. The molecule has 0 bridgehead atoms. The van der Waals surface area contributed by atoms with Crippen LogP contribution in [-0.2, 0) is 7.05 Å². The van der Waals surface area contributed by atoms with Gasteiger partial charge in [0.15, 0.2) is 11.5 Å². The Morgan fingerprint density at radius 1 is 0.946 bits per heavy atom. The summed E-state index contributed by atoms with van der Waals surface area (Å²) in [5, 5.41) is 5.98. The molecule has 9 nitrogen and oxygen atoms in total. The highest BCUT2D eigenvalue weighted by molar-refractivity contribution is 5.92. The summed E-state index contributed by atoms with van der Waals surface area (Å²) in [6, 6.07) is 19.2. The molecule has 0 saturated heterocycles. The first-order valence-corrected chi connectivity index (χ1v) is 11.7. The molecule has 0 spiro atoms. The molecule has 186 valence electrons. The molecule has 0 unspecified atom stereocenters. The highest BCUT2D eigenvalue weighted by Crippen LogP contribution is 2.36. The predicted octanol–water partition coefficient (Wildman–Crippen LogP) is 5.24. The van der Waals surface area contributed by atoms with Gasteiger partial charge in [0, 0.05) is 56.1 Å². The number of methoxy groups -OCH3 is 1. The van der Waals surface area contributed by atoms with Gasteiger partial charge in [-0.25, -0.2) is 4.98 Å². The van der Waals surface area contributed by atoms with Gasteiger partial charge >= 0.3 is 0 Å². The van der Waals surface area contributed by atoms with E-state index in [2.05, 4.69) is 38.8 Å². The summed E-state index contributed by atoms with van der Waals surface area (Å²) in [6.45, 7) is 1.98. The molecule has 1 amide bonds. The molecule has 37 heavy (non-hydrogen) atoms. The fourth-order valence-corrected chi connectivity index (χ4v) is 4.04. The molecule has 5 aromatic rings. The molecule has 0 saturated carbocycles. The van der Waals surface area contributed by atoms with Gasteiger partial charge in [0.25, 0.3) is 5.91 Å². The molecule has 0 aliphatic heterocycles. The summed E-state index contributed by atoms with van der Waals surface area (Å²) in [5.74, 6) is 1.85. The summed E-state index contributed by atoms with van der Waals surface area (Å²) in [7, 11) is 5.07. The normalized spacial score (nSPS) is 10.8. The van der Waals surface area contributed by atoms with E-state index in [-0.39, 0.29) is 11.6 Å². The highest BCUT2D eigenvalue weighted by atomic mass is 16.5. The van der Waals surface area contributed by atoms with E-state index in [4.69, 9.17) is 14.5 Å². The maximum atomic E-state index is 11.9. The number of hydrogen-bond acceptors (Lipinski definition) is 7. The summed E-state index contributed by atoms with van der Waals surface area (Å²) in [6.07, 6.45) is 3.34. The van der Waals surface area contributed by atoms with E-state index < -0.39 is 0 Å². The minimum absolute atomic E-state index is 0.258. The van der Waals surface area contributed by atoms with Crippen molar-refractivity contribution in [2.24, 2.45) is 7.05 Å². The fraction of sp³-hybridized carbons (Fsp3) is 0.143. The molecule has 0 fully saturated rings. The standard InChI is InChI=1S/C28H26N6O3/c1-17-12-19(8-10-30-17)18-6-5-7-20(13-18)32-28-33-22-15-26(25(36-4)16-24(22)34(28)3)37-21-9-11-31-23(14-21)27(35)29-2/h5-16H,1-4H3,(H,29,35)(H,32,33). The molecule has 2 aromatic carbocycles. The Bertz CT molecular complexity index is 1610. The van der Waals surface area contributed by atoms with E-state index in [0.717, 1.165) is 33.5 Å². The van der Waals surface area contributed by atoms with E-state index in [0.29, 0.717) is 23.2 Å². The molecular formula is C28H26N6O3. The van der Waals surface area contributed by atoms with Crippen LogP contribution in [0, 0.1) is 6.92 Å². The van der Waals surface area contributed by atoms with Gasteiger partial charge in [-0.3, -0.25) is 14.8 Å². The van der Waals surface area contributed by atoms with Crippen LogP contribution in [0.5, 0.6) is 17.2 Å². The SMILES string of the molecule is CNC(=O)c1cc(Oc2cc3nc(Nc4cccc(-c5ccnc(C)c5)c4)n(C)c3cc2OC)ccn1. The number of pyridine rings is 2. The van der Waals surface area contributed by atoms with Crippen molar-refractivity contribution >= 4 is 28.6 Å². The van der Waals surface area contributed by atoms with Crippen LogP contribution in [0.25, 0.3) is 22.2 Å². The molecule has 3 aromatic heterocycles. The topological polar surface area (TPSA) is 103 Å². The molecule has 3 heterocycles. The molecule has 0 aliphatic carbocycles. The number of nitrogens with zero attached hydrogens (tertiary/aromatic N) is 4. The van der Waals surface area contributed by atoms with Gasteiger partial charge in [0.2, 0.25) is 5.95 Å². The Labute approximate surface area is 214 Å². The lowest BCUT2D eigenvalue weighted by Crippen LogP contribution is -2.18. The van der Waals surface area contributed by atoms with Gasteiger partial charge < -0.3 is 24.7 Å². The average Bonchev–Trinajstić information content (AvgIpc) is 3.21. The van der Waals surface area contributed by atoms with Gasteiger partial charge in [-0.05, 0) is 48.4 Å². The van der Waals surface area contributed by atoms with Crippen LogP contribution >= 0.6 is 0 Å². The number of rotatable bonds is 7. The second-order valence-electron chi connectivity index (χ2n) is 8.44. The molecule has 0 radical (unpaired) electrons. The zero-order chi connectivity index (χ0) is 25.9. The van der Waals surface area contributed by atoms with E-state index in [1.54, 1.807) is 26.3 Å². The highest BCUT2D eigenvalue weighted by Gasteiger charge is 2.16. The lowest BCUT2D eigenvalue weighted by atomic mass is 10.1. The number of anilines is 2. The summed E-state index contributed by atoms with van der Waals surface area (Å²) in [4.78, 5) is 25.1. The predicted molar refractivity (Wildman–Crippen MR) is 143 cm³/mol. The smallest absolute Gasteiger partial charge is 0.269 e. The number of hydrogen-bond donors (Lipinski definition) is 2. The number of carbonyl (C=O) groups excluding carboxylic acids is 1. The second-order valence-corrected chi connectivity index (χ2v) is 8.44. The monoisotopic (exact) mass is 494 g/mol. The van der Waals surface area contributed by atoms with Crippen LogP contribution in [0.2, 0.25) is 0 Å². The minimum Gasteiger partial charge on any atom is -0.493 e. The molecular weight excluding hydrogens is 468 g/mol. The largest absolute Gasteiger partial charge is 0.493 e. The molecule has 9 heteroatoms. The maximum absolute atomic E-state index is 11.9. The van der Waals surface area contributed by atoms with Crippen LogP contribution in [0.15, 0.2) is 73.1 Å². The Kier molecular flexibility index (Phi) is 6.42. The third-order valence-electron chi connectivity index (χ3n) is 5.93. The van der Waals surface area contributed by atoms with Crippen LogP contribution < -0.4 is 20.1 Å². The van der Waals surface area contributed by atoms with Crippen LogP contribution in [-0.4, -0.2) is 39.6 Å². The molecule has 0 aliphatic rings. The summed E-state index contributed by atoms with van der Waals surface area (Å²) >= 11 is 0. The Balaban J connectivity index is 1.46. The van der Waals surface area contributed by atoms with Crippen molar-refractivity contribution in [1.29, 1.82) is 0 Å². The second kappa shape index (κ2) is 9.98. The first kappa shape index (κ1) is 23.8. The number of fused-ring (bicyclic) bond motifs is 1.